The zero-order valence-corrected chi connectivity index (χ0v) is 15.9. The van der Waals surface area contributed by atoms with Crippen molar-refractivity contribution in [1.29, 1.82) is 0 Å². The minimum Gasteiger partial charge on any atom is -0.295 e. The SMILES string of the molecule is CC.CC(=O)c1ccc2c(c1C)C(C)(C)C(C)C(C)(C)S2. The molecule has 1 unspecified atom stereocenters. The maximum Gasteiger partial charge on any atom is 0.160 e. The highest BCUT2D eigenvalue weighted by atomic mass is 32.2. The third kappa shape index (κ3) is 3.06. The van der Waals surface area contributed by atoms with Gasteiger partial charge < -0.3 is 0 Å². The molecule has 1 nitrogen and oxygen atoms in total. The van der Waals surface area contributed by atoms with Gasteiger partial charge in [-0.05, 0) is 42.4 Å². The summed E-state index contributed by atoms with van der Waals surface area (Å²) >= 11 is 1.95. The number of rotatable bonds is 1. The summed E-state index contributed by atoms with van der Waals surface area (Å²) in [6.07, 6.45) is 0. The molecule has 0 saturated carbocycles. The quantitative estimate of drug-likeness (QED) is 0.590. The van der Waals surface area contributed by atoms with E-state index in [4.69, 9.17) is 0 Å². The molecule has 0 spiro atoms. The molecule has 1 aliphatic rings. The molecule has 0 saturated heterocycles. The Balaban J connectivity index is 0.00000106. The second-order valence-electron chi connectivity index (χ2n) is 6.82. The number of fused-ring (bicyclic) bond motifs is 1. The summed E-state index contributed by atoms with van der Waals surface area (Å²) < 4.78 is 0.223. The van der Waals surface area contributed by atoms with Gasteiger partial charge in [0.15, 0.2) is 5.78 Å². The Morgan fingerprint density at radius 1 is 1.14 bits per heavy atom. The third-order valence-corrected chi connectivity index (χ3v) is 6.39. The second kappa shape index (κ2) is 6.16. The number of benzene rings is 1. The monoisotopic (exact) mass is 306 g/mol. The molecule has 0 bridgehead atoms. The molecule has 0 aliphatic carbocycles. The van der Waals surface area contributed by atoms with Gasteiger partial charge in [0.25, 0.3) is 0 Å². The summed E-state index contributed by atoms with van der Waals surface area (Å²) in [6.45, 7) is 19.4. The van der Waals surface area contributed by atoms with Crippen molar-refractivity contribution in [3.05, 3.63) is 28.8 Å². The number of carbonyl (C=O) groups excluding carboxylic acids is 1. The van der Waals surface area contributed by atoms with Crippen molar-refractivity contribution in [2.24, 2.45) is 5.92 Å². The lowest BCUT2D eigenvalue weighted by Crippen LogP contribution is -2.44. The van der Waals surface area contributed by atoms with Crippen LogP contribution in [0, 0.1) is 12.8 Å². The van der Waals surface area contributed by atoms with E-state index in [-0.39, 0.29) is 15.9 Å². The van der Waals surface area contributed by atoms with Gasteiger partial charge in [-0.25, -0.2) is 0 Å². The first-order valence-electron chi connectivity index (χ1n) is 7.93. The Kier molecular flexibility index (Phi) is 5.36. The van der Waals surface area contributed by atoms with Gasteiger partial charge in [0, 0.05) is 15.2 Å². The highest BCUT2D eigenvalue weighted by Crippen LogP contribution is 2.55. The fraction of sp³-hybridized carbons (Fsp3) is 0.632. The summed E-state index contributed by atoms with van der Waals surface area (Å²) in [6, 6.07) is 4.13. The van der Waals surface area contributed by atoms with Crippen molar-refractivity contribution in [2.45, 2.75) is 77.4 Å². The van der Waals surface area contributed by atoms with E-state index in [1.165, 1.54) is 16.0 Å². The van der Waals surface area contributed by atoms with Gasteiger partial charge in [-0.3, -0.25) is 4.79 Å². The third-order valence-electron chi connectivity index (χ3n) is 4.95. The van der Waals surface area contributed by atoms with E-state index in [9.17, 15) is 4.79 Å². The van der Waals surface area contributed by atoms with E-state index in [1.807, 2.05) is 31.7 Å². The molecule has 0 aromatic heterocycles. The fourth-order valence-electron chi connectivity index (χ4n) is 3.41. The van der Waals surface area contributed by atoms with Crippen LogP contribution in [-0.4, -0.2) is 10.5 Å². The largest absolute Gasteiger partial charge is 0.295 e. The smallest absolute Gasteiger partial charge is 0.160 e. The molecule has 2 heteroatoms. The summed E-state index contributed by atoms with van der Waals surface area (Å²) in [4.78, 5) is 13.1. The minimum atomic E-state index is 0.0969. The lowest BCUT2D eigenvalue weighted by molar-refractivity contribution is 0.101. The molecule has 1 aromatic carbocycles. The first-order chi connectivity index (χ1) is 9.59. The summed E-state index contributed by atoms with van der Waals surface area (Å²) in [7, 11) is 0. The first-order valence-corrected chi connectivity index (χ1v) is 8.74. The lowest BCUT2D eigenvalue weighted by atomic mass is 9.67. The van der Waals surface area contributed by atoms with Crippen molar-refractivity contribution in [3.8, 4) is 0 Å². The predicted octanol–water partition coefficient (Wildman–Crippen LogP) is 6.02. The zero-order valence-electron chi connectivity index (χ0n) is 15.0. The number of hydrogen-bond donors (Lipinski definition) is 0. The number of carbonyl (C=O) groups is 1. The standard InChI is InChI=1S/C17H24OS.C2H6/c1-10-13(11(2)18)8-9-14-15(10)16(4,5)12(3)17(6,7)19-14;1-2/h8-9,12H,1-7H3;1-2H3. The molecular formula is C19H30OS. The van der Waals surface area contributed by atoms with Gasteiger partial charge >= 0.3 is 0 Å². The van der Waals surface area contributed by atoms with Crippen LogP contribution >= 0.6 is 11.8 Å². The Labute approximate surface area is 134 Å². The molecule has 1 aliphatic heterocycles. The van der Waals surface area contributed by atoms with Gasteiger partial charge in [0.05, 0.1) is 0 Å². The average Bonchev–Trinajstić information content (AvgIpc) is 2.37. The Hall–Kier alpha value is -0.760. The minimum absolute atomic E-state index is 0.0969. The topological polar surface area (TPSA) is 17.1 Å². The summed E-state index contributed by atoms with van der Waals surface area (Å²) in [5.74, 6) is 0.719. The highest BCUT2D eigenvalue weighted by molar-refractivity contribution is 8.00. The summed E-state index contributed by atoms with van der Waals surface area (Å²) in [5, 5.41) is 0. The van der Waals surface area contributed by atoms with Crippen LogP contribution in [0.15, 0.2) is 17.0 Å². The van der Waals surface area contributed by atoms with Gasteiger partial charge in [0.1, 0.15) is 0 Å². The van der Waals surface area contributed by atoms with E-state index in [1.54, 1.807) is 6.92 Å². The Morgan fingerprint density at radius 3 is 2.14 bits per heavy atom. The van der Waals surface area contributed by atoms with Crippen LogP contribution in [0.4, 0.5) is 0 Å². The Morgan fingerprint density at radius 2 is 1.67 bits per heavy atom. The van der Waals surface area contributed by atoms with E-state index >= 15 is 0 Å². The molecule has 0 amide bonds. The zero-order chi connectivity index (χ0) is 16.6. The van der Waals surface area contributed by atoms with Crippen LogP contribution in [-0.2, 0) is 5.41 Å². The summed E-state index contributed by atoms with van der Waals surface area (Å²) in [5.41, 5.74) is 3.51. The van der Waals surface area contributed by atoms with E-state index < -0.39 is 0 Å². The van der Waals surface area contributed by atoms with Crippen LogP contribution < -0.4 is 0 Å². The van der Waals surface area contributed by atoms with Crippen molar-refractivity contribution >= 4 is 17.5 Å². The normalized spacial score (nSPS) is 21.9. The lowest BCUT2D eigenvalue weighted by Gasteiger charge is -2.49. The van der Waals surface area contributed by atoms with Crippen LogP contribution in [0.25, 0.3) is 0 Å². The Bertz CT molecular complexity index is 541. The van der Waals surface area contributed by atoms with E-state index in [2.05, 4.69) is 47.6 Å². The molecule has 1 atom stereocenters. The number of Topliss-reactive ketones (excluding diaryl/α,β-unsaturated/α-hetero) is 1. The maximum atomic E-state index is 11.8. The second-order valence-corrected chi connectivity index (χ2v) is 8.51. The predicted molar refractivity (Wildman–Crippen MR) is 94.7 cm³/mol. The van der Waals surface area contributed by atoms with Crippen molar-refractivity contribution in [1.82, 2.24) is 0 Å². The molecule has 0 fully saturated rings. The number of ketones is 1. The van der Waals surface area contributed by atoms with Gasteiger partial charge in [0.2, 0.25) is 0 Å². The molecule has 118 valence electrons. The molecule has 0 radical (unpaired) electrons. The number of hydrogen-bond acceptors (Lipinski definition) is 2. The van der Waals surface area contributed by atoms with Crippen LogP contribution in [0.5, 0.6) is 0 Å². The fourth-order valence-corrected chi connectivity index (χ4v) is 5.10. The molecule has 1 heterocycles. The van der Waals surface area contributed by atoms with Gasteiger partial charge in [-0.15, -0.1) is 11.8 Å². The van der Waals surface area contributed by atoms with Crippen molar-refractivity contribution < 1.29 is 4.79 Å². The molecule has 1 aromatic rings. The molecular weight excluding hydrogens is 276 g/mol. The van der Waals surface area contributed by atoms with Crippen molar-refractivity contribution in [2.75, 3.05) is 0 Å². The highest BCUT2D eigenvalue weighted by Gasteiger charge is 2.45. The van der Waals surface area contributed by atoms with Gasteiger partial charge in [-0.2, -0.15) is 0 Å². The molecule has 0 N–H and O–H groups in total. The average molecular weight is 307 g/mol. The van der Waals surface area contributed by atoms with Crippen LogP contribution in [0.3, 0.4) is 0 Å². The van der Waals surface area contributed by atoms with Crippen molar-refractivity contribution in [3.63, 3.8) is 0 Å². The van der Waals surface area contributed by atoms with E-state index in [0.29, 0.717) is 5.92 Å². The first kappa shape index (κ1) is 18.3. The molecule has 2 rings (SSSR count). The maximum absolute atomic E-state index is 11.8. The van der Waals surface area contributed by atoms with E-state index in [0.717, 1.165) is 5.56 Å². The van der Waals surface area contributed by atoms with Crippen LogP contribution in [0.1, 0.15) is 76.9 Å². The molecule has 21 heavy (non-hydrogen) atoms. The number of thioether (sulfide) groups is 1. The van der Waals surface area contributed by atoms with Crippen LogP contribution in [0.2, 0.25) is 0 Å². The van der Waals surface area contributed by atoms with Gasteiger partial charge in [-0.1, -0.05) is 54.5 Å².